The first-order valence-corrected chi connectivity index (χ1v) is 10.5. The van der Waals surface area contributed by atoms with Crippen molar-refractivity contribution in [3.8, 4) is 11.1 Å². The van der Waals surface area contributed by atoms with Crippen molar-refractivity contribution < 1.29 is 31.2 Å². The lowest BCUT2D eigenvalue weighted by atomic mass is 10.0. The van der Waals surface area contributed by atoms with Crippen molar-refractivity contribution in [2.45, 2.75) is 25.1 Å². The van der Waals surface area contributed by atoms with Gasteiger partial charge in [-0.05, 0) is 60.9 Å². The predicted molar refractivity (Wildman–Crippen MR) is 114 cm³/mol. The van der Waals surface area contributed by atoms with Crippen molar-refractivity contribution in [2.75, 3.05) is 6.54 Å². The SMILES string of the molecule is O=C(c1cccc(C(F)(F)F)c1)N1CCC[C@H]1c1nc2cc(-c3ccc(F)cc3F)ccc2o1. The first-order valence-electron chi connectivity index (χ1n) is 10.5. The van der Waals surface area contributed by atoms with Gasteiger partial charge in [-0.25, -0.2) is 13.8 Å². The van der Waals surface area contributed by atoms with E-state index in [1.807, 2.05) is 0 Å². The quantitative estimate of drug-likeness (QED) is 0.309. The lowest BCUT2D eigenvalue weighted by molar-refractivity contribution is -0.137. The number of amides is 1. The molecule has 2 heterocycles. The van der Waals surface area contributed by atoms with Gasteiger partial charge in [0.05, 0.1) is 5.56 Å². The number of halogens is 5. The summed E-state index contributed by atoms with van der Waals surface area (Å²) in [5.74, 6) is -1.68. The topological polar surface area (TPSA) is 46.3 Å². The molecule has 174 valence electrons. The highest BCUT2D eigenvalue weighted by molar-refractivity contribution is 5.95. The van der Waals surface area contributed by atoms with Crippen molar-refractivity contribution in [1.29, 1.82) is 0 Å². The Morgan fingerprint density at radius 2 is 1.85 bits per heavy atom. The van der Waals surface area contributed by atoms with Crippen LogP contribution in [-0.2, 0) is 6.18 Å². The highest BCUT2D eigenvalue weighted by Crippen LogP contribution is 2.36. The molecule has 0 saturated carbocycles. The normalized spacial score (nSPS) is 16.4. The molecule has 34 heavy (non-hydrogen) atoms. The molecule has 0 N–H and O–H groups in total. The summed E-state index contributed by atoms with van der Waals surface area (Å²) < 4.78 is 72.5. The molecule has 1 saturated heterocycles. The van der Waals surface area contributed by atoms with E-state index in [0.717, 1.165) is 24.3 Å². The molecule has 3 aromatic carbocycles. The van der Waals surface area contributed by atoms with Crippen LogP contribution in [0.3, 0.4) is 0 Å². The van der Waals surface area contributed by atoms with Crippen LogP contribution >= 0.6 is 0 Å². The van der Waals surface area contributed by atoms with Crippen molar-refractivity contribution in [3.05, 3.63) is 89.3 Å². The third-order valence-corrected chi connectivity index (χ3v) is 5.88. The van der Waals surface area contributed by atoms with Crippen LogP contribution < -0.4 is 0 Å². The van der Waals surface area contributed by atoms with Crippen molar-refractivity contribution in [3.63, 3.8) is 0 Å². The molecule has 0 bridgehead atoms. The third kappa shape index (κ3) is 4.02. The van der Waals surface area contributed by atoms with Gasteiger partial charge in [0.2, 0.25) is 5.89 Å². The lowest BCUT2D eigenvalue weighted by Crippen LogP contribution is -2.31. The van der Waals surface area contributed by atoms with Crippen LogP contribution in [0.25, 0.3) is 22.2 Å². The molecule has 0 radical (unpaired) electrons. The summed E-state index contributed by atoms with van der Waals surface area (Å²) in [5.41, 5.74) is 0.570. The molecule has 1 aliphatic heterocycles. The number of fused-ring (bicyclic) bond motifs is 1. The van der Waals surface area contributed by atoms with Crippen LogP contribution in [0.4, 0.5) is 22.0 Å². The van der Waals surface area contributed by atoms with E-state index in [0.29, 0.717) is 36.0 Å². The van der Waals surface area contributed by atoms with E-state index in [4.69, 9.17) is 4.42 Å². The molecular formula is C25H17F5N2O2. The van der Waals surface area contributed by atoms with E-state index >= 15 is 0 Å². The molecule has 0 spiro atoms. The first kappa shape index (κ1) is 22.1. The Morgan fingerprint density at radius 3 is 2.62 bits per heavy atom. The summed E-state index contributed by atoms with van der Waals surface area (Å²) >= 11 is 0. The summed E-state index contributed by atoms with van der Waals surface area (Å²) in [7, 11) is 0. The molecule has 1 amide bonds. The minimum absolute atomic E-state index is 0.0630. The Kier molecular flexibility index (Phi) is 5.34. The smallest absolute Gasteiger partial charge is 0.416 e. The van der Waals surface area contributed by atoms with Crippen LogP contribution in [0.2, 0.25) is 0 Å². The van der Waals surface area contributed by atoms with Gasteiger partial charge in [-0.2, -0.15) is 13.2 Å². The molecule has 1 aliphatic rings. The second-order valence-corrected chi connectivity index (χ2v) is 8.09. The maximum absolute atomic E-state index is 14.2. The van der Waals surface area contributed by atoms with Gasteiger partial charge in [-0.1, -0.05) is 12.1 Å². The minimum atomic E-state index is -4.55. The van der Waals surface area contributed by atoms with Crippen molar-refractivity contribution in [1.82, 2.24) is 9.88 Å². The van der Waals surface area contributed by atoms with Gasteiger partial charge in [0.15, 0.2) is 5.58 Å². The molecule has 0 unspecified atom stereocenters. The van der Waals surface area contributed by atoms with Gasteiger partial charge < -0.3 is 9.32 Å². The third-order valence-electron chi connectivity index (χ3n) is 5.88. The van der Waals surface area contributed by atoms with Crippen LogP contribution in [0.15, 0.2) is 65.1 Å². The summed E-state index contributed by atoms with van der Waals surface area (Å²) in [5, 5.41) is 0. The Hall–Kier alpha value is -3.75. The maximum Gasteiger partial charge on any atom is 0.416 e. The molecular weight excluding hydrogens is 455 g/mol. The summed E-state index contributed by atoms with van der Waals surface area (Å²) in [6, 6.07) is 11.9. The minimum Gasteiger partial charge on any atom is -0.438 e. The van der Waals surface area contributed by atoms with Gasteiger partial charge in [-0.3, -0.25) is 4.79 Å². The van der Waals surface area contributed by atoms with E-state index in [9.17, 15) is 26.7 Å². The van der Waals surface area contributed by atoms with Crippen LogP contribution in [0, 0.1) is 11.6 Å². The number of hydrogen-bond donors (Lipinski definition) is 0. The standard InChI is InChI=1S/C25H17F5N2O2/c26-17-7-8-18(19(27)13-17)14-6-9-22-20(12-14)31-23(34-22)21-5-2-10-32(21)24(33)15-3-1-4-16(11-15)25(28,29)30/h1,3-4,6-9,11-13,21H,2,5,10H2/t21-/m0/s1. The average Bonchev–Trinajstić information content (AvgIpc) is 3.44. The highest BCUT2D eigenvalue weighted by Gasteiger charge is 2.36. The molecule has 1 aromatic heterocycles. The van der Waals surface area contributed by atoms with E-state index in [1.165, 1.54) is 23.1 Å². The number of rotatable bonds is 3. The van der Waals surface area contributed by atoms with E-state index < -0.39 is 35.3 Å². The van der Waals surface area contributed by atoms with Crippen LogP contribution in [0.1, 0.15) is 40.7 Å². The lowest BCUT2D eigenvalue weighted by Gasteiger charge is -2.22. The predicted octanol–water partition coefficient (Wildman–Crippen LogP) is 6.77. The number of aromatic nitrogens is 1. The summed E-state index contributed by atoms with van der Waals surface area (Å²) in [6.45, 7) is 0.352. The zero-order valence-corrected chi connectivity index (χ0v) is 17.6. The fourth-order valence-electron chi connectivity index (χ4n) is 4.24. The number of carbonyl (C=O) groups excluding carboxylic acids is 1. The molecule has 4 nitrogen and oxygen atoms in total. The Bertz CT molecular complexity index is 1400. The van der Waals surface area contributed by atoms with Crippen molar-refractivity contribution >= 4 is 17.0 Å². The fourth-order valence-corrected chi connectivity index (χ4v) is 4.24. The Labute approximate surface area is 190 Å². The number of benzene rings is 3. The zero-order chi connectivity index (χ0) is 24.0. The average molecular weight is 472 g/mol. The van der Waals surface area contributed by atoms with Crippen LogP contribution in [-0.4, -0.2) is 22.3 Å². The largest absolute Gasteiger partial charge is 0.438 e. The van der Waals surface area contributed by atoms with Crippen molar-refractivity contribution in [2.24, 2.45) is 0 Å². The number of hydrogen-bond acceptors (Lipinski definition) is 3. The van der Waals surface area contributed by atoms with Gasteiger partial charge in [0.25, 0.3) is 5.91 Å². The second-order valence-electron chi connectivity index (χ2n) is 8.09. The zero-order valence-electron chi connectivity index (χ0n) is 17.6. The highest BCUT2D eigenvalue weighted by atomic mass is 19.4. The molecule has 0 aliphatic carbocycles. The molecule has 5 rings (SSSR count). The van der Waals surface area contributed by atoms with E-state index in [2.05, 4.69) is 4.98 Å². The fraction of sp³-hybridized carbons (Fsp3) is 0.200. The molecule has 1 fully saturated rings. The summed E-state index contributed by atoms with van der Waals surface area (Å²) in [6.07, 6.45) is -3.38. The maximum atomic E-state index is 14.2. The first-order chi connectivity index (χ1) is 16.2. The monoisotopic (exact) mass is 472 g/mol. The van der Waals surface area contributed by atoms with Gasteiger partial charge >= 0.3 is 6.18 Å². The number of oxazole rings is 1. The van der Waals surface area contributed by atoms with E-state index in [1.54, 1.807) is 18.2 Å². The Morgan fingerprint density at radius 1 is 1.03 bits per heavy atom. The number of nitrogens with zero attached hydrogens (tertiary/aromatic N) is 2. The van der Waals surface area contributed by atoms with Gasteiger partial charge in [-0.15, -0.1) is 0 Å². The molecule has 9 heteroatoms. The number of carbonyl (C=O) groups is 1. The summed E-state index contributed by atoms with van der Waals surface area (Å²) in [4.78, 5) is 19.0. The van der Waals surface area contributed by atoms with Gasteiger partial charge in [0.1, 0.15) is 23.2 Å². The number of alkyl halides is 3. The molecule has 1 atom stereocenters. The van der Waals surface area contributed by atoms with E-state index in [-0.39, 0.29) is 17.0 Å². The second kappa shape index (κ2) is 8.23. The van der Waals surface area contributed by atoms with Crippen LogP contribution in [0.5, 0.6) is 0 Å². The van der Waals surface area contributed by atoms with Gasteiger partial charge in [0, 0.05) is 23.7 Å². The Balaban J connectivity index is 1.45. The number of likely N-dealkylation sites (tertiary alicyclic amines) is 1. The molecule has 4 aromatic rings.